The minimum atomic E-state index is -3.73. The number of nitrogens with one attached hydrogen (secondary N) is 1. The Morgan fingerprint density at radius 2 is 1.66 bits per heavy atom. The fraction of sp³-hybridized carbons (Fsp3) is 0.346. The zero-order valence-corrected chi connectivity index (χ0v) is 21.2. The highest BCUT2D eigenvalue weighted by molar-refractivity contribution is 7.89. The normalized spacial score (nSPS) is 15.2. The summed E-state index contributed by atoms with van der Waals surface area (Å²) in [6.45, 7) is 7.69. The third kappa shape index (κ3) is 5.06. The zero-order chi connectivity index (χ0) is 25.3. The summed E-state index contributed by atoms with van der Waals surface area (Å²) in [5.41, 5.74) is 4.68. The maximum Gasteiger partial charge on any atom is 0.243 e. The van der Waals surface area contributed by atoms with Gasteiger partial charge in [-0.05, 0) is 64.8 Å². The third-order valence-corrected chi connectivity index (χ3v) is 8.42. The number of benzene rings is 2. The van der Waals surface area contributed by atoms with Gasteiger partial charge in [0.05, 0.1) is 27.7 Å². The standard InChI is InChI=1S/C26H30N4O4S/c1-17-8-10-23(11-9-17)30-19(3)25(18(2)28-30)27-26(32)21-12-14-29(15-13-21)35(33,34)24-7-5-6-22(16-24)20(4)31/h5-11,16,21H,12-15H2,1-4H3,(H,27,32). The first-order valence-electron chi connectivity index (χ1n) is 11.6. The van der Waals surface area contributed by atoms with Crippen molar-refractivity contribution >= 4 is 27.4 Å². The van der Waals surface area contributed by atoms with Gasteiger partial charge in [-0.1, -0.05) is 29.8 Å². The average molecular weight is 495 g/mol. The molecule has 8 nitrogen and oxygen atoms in total. The quantitative estimate of drug-likeness (QED) is 0.521. The molecule has 3 aromatic rings. The number of hydrogen-bond donors (Lipinski definition) is 1. The SMILES string of the molecule is CC(=O)c1cccc(S(=O)(=O)N2CCC(C(=O)Nc3c(C)nn(-c4ccc(C)cc4)c3C)CC2)c1. The van der Waals surface area contributed by atoms with Gasteiger partial charge in [0.2, 0.25) is 15.9 Å². The number of anilines is 1. The van der Waals surface area contributed by atoms with Crippen LogP contribution in [0.1, 0.15) is 47.1 Å². The smallest absolute Gasteiger partial charge is 0.243 e. The van der Waals surface area contributed by atoms with Crippen LogP contribution in [0.2, 0.25) is 0 Å². The predicted octanol–water partition coefficient (Wildman–Crippen LogP) is 4.04. The Morgan fingerprint density at radius 1 is 1.00 bits per heavy atom. The number of sulfonamides is 1. The van der Waals surface area contributed by atoms with Gasteiger partial charge in [0.25, 0.3) is 0 Å². The molecule has 0 saturated carbocycles. The molecule has 184 valence electrons. The topological polar surface area (TPSA) is 101 Å². The summed E-state index contributed by atoms with van der Waals surface area (Å²) >= 11 is 0. The Hall–Kier alpha value is -3.30. The molecule has 1 fully saturated rings. The Labute approximate surface area is 206 Å². The van der Waals surface area contributed by atoms with Gasteiger partial charge in [0.15, 0.2) is 5.78 Å². The van der Waals surface area contributed by atoms with E-state index in [1.807, 2.05) is 49.7 Å². The lowest BCUT2D eigenvalue weighted by Gasteiger charge is -2.30. The number of ketones is 1. The maximum atomic E-state index is 13.1. The first-order chi connectivity index (χ1) is 16.6. The first kappa shape index (κ1) is 24.8. The van der Waals surface area contributed by atoms with E-state index in [0.29, 0.717) is 24.1 Å². The molecule has 0 radical (unpaired) electrons. The molecular weight excluding hydrogens is 464 g/mol. The Morgan fingerprint density at radius 3 is 2.29 bits per heavy atom. The molecule has 2 heterocycles. The molecule has 0 atom stereocenters. The molecule has 1 aromatic heterocycles. The largest absolute Gasteiger partial charge is 0.323 e. The molecule has 4 rings (SSSR count). The van der Waals surface area contributed by atoms with E-state index in [9.17, 15) is 18.0 Å². The molecule has 35 heavy (non-hydrogen) atoms. The molecule has 0 spiro atoms. The Kier molecular flexibility index (Phi) is 6.91. The van der Waals surface area contributed by atoms with Crippen LogP contribution >= 0.6 is 0 Å². The van der Waals surface area contributed by atoms with Crippen molar-refractivity contribution < 1.29 is 18.0 Å². The van der Waals surface area contributed by atoms with Crippen molar-refractivity contribution in [1.29, 1.82) is 0 Å². The number of Topliss-reactive ketones (excluding diaryl/α,β-unsaturated/α-hetero) is 1. The van der Waals surface area contributed by atoms with Gasteiger partial charge < -0.3 is 5.32 Å². The van der Waals surface area contributed by atoms with Crippen molar-refractivity contribution in [2.75, 3.05) is 18.4 Å². The van der Waals surface area contributed by atoms with E-state index in [1.54, 1.807) is 12.1 Å². The van der Waals surface area contributed by atoms with Crippen molar-refractivity contribution in [2.45, 2.75) is 45.4 Å². The lowest BCUT2D eigenvalue weighted by Crippen LogP contribution is -2.41. The van der Waals surface area contributed by atoms with Crippen LogP contribution in [0.5, 0.6) is 0 Å². The van der Waals surface area contributed by atoms with Crippen molar-refractivity contribution in [3.8, 4) is 5.69 Å². The molecule has 9 heteroatoms. The summed E-state index contributed by atoms with van der Waals surface area (Å²) in [6, 6.07) is 14.1. The number of aryl methyl sites for hydroxylation is 2. The maximum absolute atomic E-state index is 13.1. The van der Waals surface area contributed by atoms with Gasteiger partial charge in [-0.15, -0.1) is 0 Å². The minimum Gasteiger partial charge on any atom is -0.323 e. The molecular formula is C26H30N4O4S. The van der Waals surface area contributed by atoms with Crippen LogP contribution in [0.3, 0.4) is 0 Å². The Bertz CT molecular complexity index is 1370. The molecule has 0 aliphatic carbocycles. The van der Waals surface area contributed by atoms with Crippen LogP contribution in [0, 0.1) is 26.7 Å². The second-order valence-electron chi connectivity index (χ2n) is 9.04. The summed E-state index contributed by atoms with van der Waals surface area (Å²) in [5, 5.41) is 7.62. The minimum absolute atomic E-state index is 0.0999. The van der Waals surface area contributed by atoms with Gasteiger partial charge >= 0.3 is 0 Å². The van der Waals surface area contributed by atoms with Crippen molar-refractivity contribution in [1.82, 2.24) is 14.1 Å². The Balaban J connectivity index is 1.43. The van der Waals surface area contributed by atoms with Gasteiger partial charge in [-0.3, -0.25) is 9.59 Å². The number of rotatable bonds is 6. The molecule has 1 aliphatic rings. The molecule has 1 aliphatic heterocycles. The molecule has 0 bridgehead atoms. The highest BCUT2D eigenvalue weighted by Crippen LogP contribution is 2.28. The average Bonchev–Trinajstić information content (AvgIpc) is 3.13. The number of amides is 1. The fourth-order valence-electron chi connectivity index (χ4n) is 4.37. The van der Waals surface area contributed by atoms with Crippen molar-refractivity contribution in [3.63, 3.8) is 0 Å². The summed E-state index contributed by atoms with van der Waals surface area (Å²) in [6.07, 6.45) is 0.837. The van der Waals surface area contributed by atoms with E-state index in [1.165, 1.54) is 23.4 Å². The highest BCUT2D eigenvalue weighted by Gasteiger charge is 2.33. The first-order valence-corrected chi connectivity index (χ1v) is 13.1. The molecule has 1 amide bonds. The molecule has 1 saturated heterocycles. The molecule has 0 unspecified atom stereocenters. The number of aromatic nitrogens is 2. The van der Waals surface area contributed by atoms with E-state index in [2.05, 4.69) is 10.4 Å². The second kappa shape index (κ2) is 9.75. The summed E-state index contributed by atoms with van der Waals surface area (Å²) in [4.78, 5) is 24.8. The van der Waals surface area contributed by atoms with E-state index in [4.69, 9.17) is 0 Å². The van der Waals surface area contributed by atoms with Crippen molar-refractivity contribution in [3.05, 3.63) is 71.0 Å². The monoisotopic (exact) mass is 494 g/mol. The number of hydrogen-bond acceptors (Lipinski definition) is 5. The van der Waals surface area contributed by atoms with Crippen LogP contribution in [0.25, 0.3) is 5.69 Å². The summed E-state index contributed by atoms with van der Waals surface area (Å²) in [7, 11) is -3.73. The van der Waals surface area contributed by atoms with Crippen LogP contribution < -0.4 is 5.32 Å². The van der Waals surface area contributed by atoms with E-state index >= 15 is 0 Å². The van der Waals surface area contributed by atoms with E-state index in [0.717, 1.165) is 22.6 Å². The zero-order valence-electron chi connectivity index (χ0n) is 20.4. The van der Waals surface area contributed by atoms with Gasteiger partial charge in [0.1, 0.15) is 0 Å². The summed E-state index contributed by atoms with van der Waals surface area (Å²) < 4.78 is 29.4. The van der Waals surface area contributed by atoms with E-state index in [-0.39, 0.29) is 35.6 Å². The predicted molar refractivity (Wildman–Crippen MR) is 134 cm³/mol. The van der Waals surface area contributed by atoms with Gasteiger partial charge in [-0.2, -0.15) is 9.40 Å². The van der Waals surface area contributed by atoms with Crippen LogP contribution in [0.4, 0.5) is 5.69 Å². The van der Waals surface area contributed by atoms with Gasteiger partial charge in [0, 0.05) is 24.6 Å². The number of carbonyl (C=O) groups excluding carboxylic acids is 2. The number of nitrogens with zero attached hydrogens (tertiary/aromatic N) is 3. The van der Waals surface area contributed by atoms with Crippen molar-refractivity contribution in [2.24, 2.45) is 5.92 Å². The molecule has 2 aromatic carbocycles. The lowest BCUT2D eigenvalue weighted by atomic mass is 9.97. The lowest BCUT2D eigenvalue weighted by molar-refractivity contribution is -0.120. The third-order valence-electron chi connectivity index (χ3n) is 6.52. The number of piperidine rings is 1. The fourth-order valence-corrected chi connectivity index (χ4v) is 5.89. The van der Waals surface area contributed by atoms with E-state index < -0.39 is 10.0 Å². The second-order valence-corrected chi connectivity index (χ2v) is 11.0. The van der Waals surface area contributed by atoms with Crippen LogP contribution in [0.15, 0.2) is 53.4 Å². The highest BCUT2D eigenvalue weighted by atomic mass is 32.2. The van der Waals surface area contributed by atoms with Crippen LogP contribution in [-0.4, -0.2) is 47.3 Å². The summed E-state index contributed by atoms with van der Waals surface area (Å²) in [5.74, 6) is -0.615. The molecule has 1 N–H and O–H groups in total. The number of carbonyl (C=O) groups is 2. The van der Waals surface area contributed by atoms with Gasteiger partial charge in [-0.25, -0.2) is 13.1 Å². The van der Waals surface area contributed by atoms with Crippen LogP contribution in [-0.2, 0) is 14.8 Å².